The molecule has 0 aromatic carbocycles. The van der Waals surface area contributed by atoms with E-state index in [1.54, 1.807) is 4.90 Å². The van der Waals surface area contributed by atoms with Crippen LogP contribution in [-0.2, 0) is 19.0 Å². The molecule has 40 heavy (non-hydrogen) atoms. The van der Waals surface area contributed by atoms with Gasteiger partial charge < -0.3 is 9.47 Å². The number of hydrogen-bond acceptors (Lipinski definition) is 11. The van der Waals surface area contributed by atoms with Crippen molar-refractivity contribution in [1.29, 1.82) is 0 Å². The van der Waals surface area contributed by atoms with Crippen LogP contribution in [0.3, 0.4) is 0 Å². The van der Waals surface area contributed by atoms with E-state index in [-0.39, 0.29) is 23.9 Å². The number of carbonyl (C=O) groups is 1. The molecule has 7 aliphatic rings. The zero-order valence-electron chi connectivity index (χ0n) is 24.0. The van der Waals surface area contributed by atoms with E-state index in [0.717, 1.165) is 65.0 Å². The monoisotopic (exact) mass is 580 g/mol. The van der Waals surface area contributed by atoms with Crippen molar-refractivity contribution in [1.82, 2.24) is 31.3 Å². The van der Waals surface area contributed by atoms with Gasteiger partial charge >= 0.3 is 0 Å². The van der Waals surface area contributed by atoms with Gasteiger partial charge in [0.25, 0.3) is 0 Å². The summed E-state index contributed by atoms with van der Waals surface area (Å²) < 4.78 is 17.6. The Morgan fingerprint density at radius 1 is 1.10 bits per heavy atom. The minimum atomic E-state index is -0.0532. The molecule has 1 aliphatic carbocycles. The molecule has 0 spiro atoms. The second-order valence-electron chi connectivity index (χ2n) is 13.2. The Labute approximate surface area is 243 Å². The third-order valence-corrected chi connectivity index (χ3v) is 12.1. The summed E-state index contributed by atoms with van der Waals surface area (Å²) in [4.78, 5) is 17.0. The van der Waals surface area contributed by atoms with Gasteiger partial charge in [0.2, 0.25) is 0 Å². The van der Waals surface area contributed by atoms with Crippen LogP contribution in [0.2, 0.25) is 0 Å². The molecule has 7 rings (SSSR count). The average molecular weight is 581 g/mol. The fraction of sp³-hybridized carbons (Fsp3) is 0.964. The fourth-order valence-electron chi connectivity index (χ4n) is 8.11. The number of rotatable bonds is 7. The summed E-state index contributed by atoms with van der Waals surface area (Å²) in [5, 5.41) is 13.9. The van der Waals surface area contributed by atoms with E-state index in [1.165, 1.54) is 32.2 Å². The highest BCUT2D eigenvalue weighted by Gasteiger charge is 2.50. The SMILES string of the molecule is CC1NN(C2CCNC(NC3CCC(C4CSC5C(=O)CC(N6CCOCC6)OC54)CC3)N2)CC1C[NH+]1COC1. The Bertz CT molecular complexity index is 872. The number of hydrazine groups is 1. The molecule has 0 amide bonds. The van der Waals surface area contributed by atoms with Gasteiger partial charge in [0.05, 0.1) is 37.3 Å². The predicted octanol–water partition coefficient (Wildman–Crippen LogP) is -1.27. The Hall–Kier alpha value is -0.380. The van der Waals surface area contributed by atoms with Crippen LogP contribution >= 0.6 is 11.8 Å². The second-order valence-corrected chi connectivity index (χ2v) is 14.4. The van der Waals surface area contributed by atoms with Crippen LogP contribution in [0.4, 0.5) is 0 Å². The highest BCUT2D eigenvalue weighted by molar-refractivity contribution is 8.01. The molecule has 0 bridgehead atoms. The van der Waals surface area contributed by atoms with E-state index in [0.29, 0.717) is 48.2 Å². The van der Waals surface area contributed by atoms with Crippen molar-refractivity contribution in [3.05, 3.63) is 0 Å². The highest BCUT2D eigenvalue weighted by Crippen LogP contribution is 2.46. The van der Waals surface area contributed by atoms with Crippen molar-refractivity contribution in [2.75, 3.05) is 65.2 Å². The molecule has 1 saturated carbocycles. The maximum atomic E-state index is 13.1. The van der Waals surface area contributed by atoms with Crippen LogP contribution in [-0.4, -0.2) is 123 Å². The number of nitrogens with one attached hydrogen (secondary N) is 5. The molecule has 8 atom stereocenters. The number of quaternary nitrogens is 1. The van der Waals surface area contributed by atoms with Gasteiger partial charge in [-0.2, -0.15) is 0 Å². The highest BCUT2D eigenvalue weighted by atomic mass is 32.2. The first-order valence-corrected chi connectivity index (χ1v) is 17.0. The molecular weight excluding hydrogens is 530 g/mol. The largest absolute Gasteiger partial charge is 0.379 e. The molecule has 12 heteroatoms. The lowest BCUT2D eigenvalue weighted by Crippen LogP contribution is -3.19. The van der Waals surface area contributed by atoms with Crippen molar-refractivity contribution < 1.29 is 23.9 Å². The van der Waals surface area contributed by atoms with Gasteiger partial charge in [-0.25, -0.2) is 5.01 Å². The van der Waals surface area contributed by atoms with Crippen LogP contribution in [0, 0.1) is 17.8 Å². The standard InChI is InChI=1S/C28H49N7O4S/c1-18-20(13-33-16-38-17-33)14-35(32-18)24-6-7-29-28(31-24)30-21-4-2-19(3-5-21)22-15-40-27-23(36)12-25(39-26(22)27)34-8-10-37-11-9-34/h18-22,24-32H,2-17H2,1H3/p+1. The molecule has 6 saturated heterocycles. The van der Waals surface area contributed by atoms with Crippen LogP contribution < -0.4 is 26.3 Å². The van der Waals surface area contributed by atoms with Crippen molar-refractivity contribution in [2.24, 2.45) is 17.8 Å². The third-order valence-electron chi connectivity index (χ3n) is 10.6. The minimum absolute atomic E-state index is 0.0490. The van der Waals surface area contributed by atoms with Crippen LogP contribution in [0.1, 0.15) is 45.4 Å². The number of Topliss-reactive ketones (excluding diaryl/α,β-unsaturated/α-hetero) is 1. The first-order valence-electron chi connectivity index (χ1n) is 15.9. The van der Waals surface area contributed by atoms with E-state index in [4.69, 9.17) is 14.2 Å². The van der Waals surface area contributed by atoms with Crippen molar-refractivity contribution in [2.45, 2.75) is 87.6 Å². The topological polar surface area (TPSA) is 104 Å². The Morgan fingerprint density at radius 3 is 2.70 bits per heavy atom. The normalized spacial score (nSPS) is 45.9. The molecule has 6 heterocycles. The lowest BCUT2D eigenvalue weighted by molar-refractivity contribution is -1.01. The molecule has 226 valence electrons. The van der Waals surface area contributed by atoms with Crippen molar-refractivity contribution >= 4 is 17.5 Å². The maximum absolute atomic E-state index is 13.1. The maximum Gasteiger partial charge on any atom is 0.189 e. The number of nitrogens with zero attached hydrogens (tertiary/aromatic N) is 2. The summed E-state index contributed by atoms with van der Waals surface area (Å²) in [5.74, 6) is 3.30. The molecule has 0 aromatic rings. The molecule has 5 N–H and O–H groups in total. The summed E-state index contributed by atoms with van der Waals surface area (Å²) in [6, 6.07) is 1.03. The summed E-state index contributed by atoms with van der Waals surface area (Å²) in [6.07, 6.45) is 6.99. The van der Waals surface area contributed by atoms with E-state index >= 15 is 0 Å². The average Bonchev–Trinajstić information content (AvgIpc) is 3.56. The number of carbonyl (C=O) groups excluding carboxylic acids is 1. The van der Waals surface area contributed by atoms with Gasteiger partial charge in [-0.15, -0.1) is 11.8 Å². The van der Waals surface area contributed by atoms with Gasteiger partial charge in [0, 0.05) is 50.6 Å². The Kier molecular flexibility index (Phi) is 9.01. The Balaban J connectivity index is 0.878. The summed E-state index contributed by atoms with van der Waals surface area (Å²) in [7, 11) is 0. The number of hydrogen-bond donors (Lipinski definition) is 5. The smallest absolute Gasteiger partial charge is 0.189 e. The predicted molar refractivity (Wildman–Crippen MR) is 152 cm³/mol. The molecule has 11 nitrogen and oxygen atoms in total. The van der Waals surface area contributed by atoms with Crippen molar-refractivity contribution in [3.63, 3.8) is 0 Å². The molecular formula is C28H50N7O4S+. The van der Waals surface area contributed by atoms with E-state index in [2.05, 4.69) is 38.2 Å². The van der Waals surface area contributed by atoms with E-state index in [1.807, 2.05) is 11.8 Å². The zero-order valence-corrected chi connectivity index (χ0v) is 24.8. The number of morpholine rings is 1. The van der Waals surface area contributed by atoms with E-state index in [9.17, 15) is 4.79 Å². The van der Waals surface area contributed by atoms with Gasteiger partial charge in [0.15, 0.2) is 19.2 Å². The zero-order chi connectivity index (χ0) is 27.1. The fourth-order valence-corrected chi connectivity index (χ4v) is 9.73. The number of fused-ring (bicyclic) bond motifs is 1. The van der Waals surface area contributed by atoms with Gasteiger partial charge in [-0.1, -0.05) is 0 Å². The van der Waals surface area contributed by atoms with E-state index < -0.39 is 0 Å². The first-order chi connectivity index (χ1) is 19.6. The number of ether oxygens (including phenoxy) is 3. The number of ketones is 1. The van der Waals surface area contributed by atoms with Crippen LogP contribution in [0.15, 0.2) is 0 Å². The summed E-state index contributed by atoms with van der Waals surface area (Å²) in [6.45, 7) is 10.6. The first kappa shape index (κ1) is 28.4. The molecule has 8 unspecified atom stereocenters. The molecule has 0 radical (unpaired) electrons. The van der Waals surface area contributed by atoms with Crippen LogP contribution in [0.25, 0.3) is 0 Å². The summed E-state index contributed by atoms with van der Waals surface area (Å²) in [5.41, 5.74) is 3.75. The number of thioether (sulfide) groups is 1. The van der Waals surface area contributed by atoms with Gasteiger partial charge in [0.1, 0.15) is 12.5 Å². The molecule has 6 aliphatic heterocycles. The molecule has 7 fully saturated rings. The minimum Gasteiger partial charge on any atom is -0.379 e. The third kappa shape index (κ3) is 6.14. The lowest BCUT2D eigenvalue weighted by atomic mass is 9.75. The van der Waals surface area contributed by atoms with Crippen molar-refractivity contribution in [3.8, 4) is 0 Å². The summed E-state index contributed by atoms with van der Waals surface area (Å²) >= 11 is 1.86. The van der Waals surface area contributed by atoms with Gasteiger partial charge in [-0.05, 0) is 56.6 Å². The lowest BCUT2D eigenvalue weighted by Gasteiger charge is -2.43. The quantitative estimate of drug-likeness (QED) is 0.249. The van der Waals surface area contributed by atoms with Crippen LogP contribution in [0.5, 0.6) is 0 Å². The second kappa shape index (κ2) is 12.7. The Morgan fingerprint density at radius 2 is 1.93 bits per heavy atom. The van der Waals surface area contributed by atoms with Gasteiger partial charge in [-0.3, -0.25) is 40.7 Å². The molecule has 0 aromatic heterocycles.